The summed E-state index contributed by atoms with van der Waals surface area (Å²) >= 11 is 0. The zero-order chi connectivity index (χ0) is 9.45. The van der Waals surface area contributed by atoms with Gasteiger partial charge < -0.3 is 9.47 Å². The fourth-order valence-electron chi connectivity index (χ4n) is 0.891. The lowest BCUT2D eigenvalue weighted by Gasteiger charge is -2.26. The van der Waals surface area contributed by atoms with Crippen molar-refractivity contribution in [3.8, 4) is 0 Å². The Balaban J connectivity index is 4.13. The van der Waals surface area contributed by atoms with E-state index in [0.717, 1.165) is 0 Å². The van der Waals surface area contributed by atoms with Crippen molar-refractivity contribution in [1.82, 2.24) is 0 Å². The van der Waals surface area contributed by atoms with Crippen LogP contribution in [0.5, 0.6) is 0 Å². The zero-order valence-corrected chi connectivity index (χ0v) is 8.01. The van der Waals surface area contributed by atoms with Crippen molar-refractivity contribution in [2.45, 2.75) is 19.4 Å². The SMILES string of the molecule is C=CC(C=C)(COCC)OCC. The molecule has 0 amide bonds. The summed E-state index contributed by atoms with van der Waals surface area (Å²) in [5.41, 5.74) is -0.509. The monoisotopic (exact) mass is 170 g/mol. The summed E-state index contributed by atoms with van der Waals surface area (Å²) in [6, 6.07) is 0. The molecule has 70 valence electrons. The molecule has 0 aromatic heterocycles. The molecule has 0 aliphatic heterocycles. The van der Waals surface area contributed by atoms with Crippen LogP contribution in [0.25, 0.3) is 0 Å². The Hall–Kier alpha value is -0.600. The summed E-state index contributed by atoms with van der Waals surface area (Å²) in [5, 5.41) is 0. The molecule has 0 saturated heterocycles. The fourth-order valence-corrected chi connectivity index (χ4v) is 0.891. The quantitative estimate of drug-likeness (QED) is 0.545. The Morgan fingerprint density at radius 1 is 1.17 bits per heavy atom. The summed E-state index contributed by atoms with van der Waals surface area (Å²) in [7, 11) is 0. The lowest BCUT2D eigenvalue weighted by atomic mass is 10.1. The van der Waals surface area contributed by atoms with E-state index in [4.69, 9.17) is 9.47 Å². The Morgan fingerprint density at radius 3 is 2.08 bits per heavy atom. The molecule has 0 spiro atoms. The average Bonchev–Trinajstić information content (AvgIpc) is 2.13. The molecule has 0 aliphatic rings. The van der Waals surface area contributed by atoms with Crippen LogP contribution in [-0.4, -0.2) is 25.4 Å². The van der Waals surface area contributed by atoms with Crippen LogP contribution in [0.3, 0.4) is 0 Å². The minimum atomic E-state index is -0.509. The van der Waals surface area contributed by atoms with E-state index in [0.29, 0.717) is 19.8 Å². The summed E-state index contributed by atoms with van der Waals surface area (Å²) in [6.07, 6.45) is 3.44. The first-order chi connectivity index (χ1) is 5.74. The van der Waals surface area contributed by atoms with E-state index < -0.39 is 5.60 Å². The zero-order valence-electron chi connectivity index (χ0n) is 8.01. The van der Waals surface area contributed by atoms with E-state index in [2.05, 4.69) is 13.2 Å². The van der Waals surface area contributed by atoms with Gasteiger partial charge in [-0.3, -0.25) is 0 Å². The van der Waals surface area contributed by atoms with Gasteiger partial charge in [-0.15, -0.1) is 0 Å². The van der Waals surface area contributed by atoms with Crippen molar-refractivity contribution < 1.29 is 9.47 Å². The molecule has 12 heavy (non-hydrogen) atoms. The predicted molar refractivity (Wildman–Crippen MR) is 51.2 cm³/mol. The van der Waals surface area contributed by atoms with Gasteiger partial charge >= 0.3 is 0 Å². The van der Waals surface area contributed by atoms with Gasteiger partial charge in [0.25, 0.3) is 0 Å². The topological polar surface area (TPSA) is 18.5 Å². The fraction of sp³-hybridized carbons (Fsp3) is 0.600. The first-order valence-corrected chi connectivity index (χ1v) is 4.23. The van der Waals surface area contributed by atoms with Crippen LogP contribution < -0.4 is 0 Å². The van der Waals surface area contributed by atoms with Crippen molar-refractivity contribution in [3.05, 3.63) is 25.3 Å². The van der Waals surface area contributed by atoms with E-state index in [1.807, 2.05) is 13.8 Å². The lowest BCUT2D eigenvalue weighted by Crippen LogP contribution is -2.33. The van der Waals surface area contributed by atoms with Crippen LogP contribution in [0.2, 0.25) is 0 Å². The number of hydrogen-bond donors (Lipinski definition) is 0. The minimum absolute atomic E-state index is 0.490. The van der Waals surface area contributed by atoms with Gasteiger partial charge in [0.05, 0.1) is 6.61 Å². The molecule has 0 rings (SSSR count). The standard InChI is InChI=1S/C10H18O2/c1-5-10(6-2,12-8-4)9-11-7-3/h5-6H,1-2,7-9H2,3-4H3. The maximum Gasteiger partial charge on any atom is 0.127 e. The van der Waals surface area contributed by atoms with Gasteiger partial charge in [-0.2, -0.15) is 0 Å². The number of rotatable bonds is 7. The molecule has 0 bridgehead atoms. The molecule has 0 atom stereocenters. The smallest absolute Gasteiger partial charge is 0.127 e. The Morgan fingerprint density at radius 2 is 1.75 bits per heavy atom. The second kappa shape index (κ2) is 5.98. The average molecular weight is 170 g/mol. The summed E-state index contributed by atoms with van der Waals surface area (Å²) < 4.78 is 10.7. The summed E-state index contributed by atoms with van der Waals surface area (Å²) in [5.74, 6) is 0. The summed E-state index contributed by atoms with van der Waals surface area (Å²) in [4.78, 5) is 0. The minimum Gasteiger partial charge on any atom is -0.378 e. The molecule has 0 radical (unpaired) electrons. The van der Waals surface area contributed by atoms with Gasteiger partial charge in [0.15, 0.2) is 0 Å². The normalized spacial score (nSPS) is 11.2. The molecule has 2 heteroatoms. The van der Waals surface area contributed by atoms with Crippen LogP contribution in [0.4, 0.5) is 0 Å². The third kappa shape index (κ3) is 3.20. The highest BCUT2D eigenvalue weighted by Gasteiger charge is 2.22. The molecule has 0 N–H and O–H groups in total. The first-order valence-electron chi connectivity index (χ1n) is 4.23. The van der Waals surface area contributed by atoms with Gasteiger partial charge in [0, 0.05) is 13.2 Å². The van der Waals surface area contributed by atoms with Crippen molar-refractivity contribution in [3.63, 3.8) is 0 Å². The Labute approximate surface area is 74.9 Å². The highest BCUT2D eigenvalue weighted by Crippen LogP contribution is 2.14. The molecule has 0 aromatic rings. The Bertz CT molecular complexity index is 133. The van der Waals surface area contributed by atoms with Crippen LogP contribution in [0, 0.1) is 0 Å². The second-order valence-electron chi connectivity index (χ2n) is 2.43. The van der Waals surface area contributed by atoms with E-state index >= 15 is 0 Å². The molecule has 0 aliphatic carbocycles. The maximum absolute atomic E-state index is 5.47. The van der Waals surface area contributed by atoms with Crippen LogP contribution in [-0.2, 0) is 9.47 Å². The van der Waals surface area contributed by atoms with E-state index in [9.17, 15) is 0 Å². The largest absolute Gasteiger partial charge is 0.378 e. The summed E-state index contributed by atoms with van der Waals surface area (Å²) in [6.45, 7) is 13.1. The van der Waals surface area contributed by atoms with Crippen molar-refractivity contribution in [2.75, 3.05) is 19.8 Å². The van der Waals surface area contributed by atoms with E-state index in [1.54, 1.807) is 12.2 Å². The molecule has 0 saturated carbocycles. The third-order valence-corrected chi connectivity index (χ3v) is 1.64. The molecular formula is C10H18O2. The molecule has 0 heterocycles. The van der Waals surface area contributed by atoms with Crippen LogP contribution >= 0.6 is 0 Å². The van der Waals surface area contributed by atoms with Crippen molar-refractivity contribution in [2.24, 2.45) is 0 Å². The van der Waals surface area contributed by atoms with Crippen molar-refractivity contribution in [1.29, 1.82) is 0 Å². The van der Waals surface area contributed by atoms with E-state index in [-0.39, 0.29) is 0 Å². The lowest BCUT2D eigenvalue weighted by molar-refractivity contribution is -0.0301. The van der Waals surface area contributed by atoms with Crippen LogP contribution in [0.15, 0.2) is 25.3 Å². The third-order valence-electron chi connectivity index (χ3n) is 1.64. The van der Waals surface area contributed by atoms with Gasteiger partial charge in [-0.25, -0.2) is 0 Å². The Kier molecular flexibility index (Phi) is 5.68. The number of ether oxygens (including phenoxy) is 2. The molecule has 0 fully saturated rings. The molecule has 2 nitrogen and oxygen atoms in total. The molecule has 0 aromatic carbocycles. The van der Waals surface area contributed by atoms with Crippen LogP contribution in [0.1, 0.15) is 13.8 Å². The van der Waals surface area contributed by atoms with Crippen molar-refractivity contribution >= 4 is 0 Å². The van der Waals surface area contributed by atoms with Gasteiger partial charge in [0.2, 0.25) is 0 Å². The van der Waals surface area contributed by atoms with Gasteiger partial charge in [-0.05, 0) is 13.8 Å². The van der Waals surface area contributed by atoms with Gasteiger partial charge in [-0.1, -0.05) is 25.3 Å². The first kappa shape index (κ1) is 11.4. The molecule has 0 unspecified atom stereocenters. The number of hydrogen-bond acceptors (Lipinski definition) is 2. The predicted octanol–water partition coefficient (Wildman–Crippen LogP) is 2.17. The molecular weight excluding hydrogens is 152 g/mol. The highest BCUT2D eigenvalue weighted by molar-refractivity contribution is 5.09. The van der Waals surface area contributed by atoms with E-state index in [1.165, 1.54) is 0 Å². The highest BCUT2D eigenvalue weighted by atomic mass is 16.5. The second-order valence-corrected chi connectivity index (χ2v) is 2.43. The maximum atomic E-state index is 5.47. The van der Waals surface area contributed by atoms with Gasteiger partial charge in [0.1, 0.15) is 5.60 Å².